The predicted octanol–water partition coefficient (Wildman–Crippen LogP) is 5.57. The van der Waals surface area contributed by atoms with Gasteiger partial charge < -0.3 is 14.7 Å². The summed E-state index contributed by atoms with van der Waals surface area (Å²) in [5, 5.41) is 11.0. The minimum atomic E-state index is -1.02. The van der Waals surface area contributed by atoms with Crippen LogP contribution in [0.4, 0.5) is 0 Å². The quantitative estimate of drug-likeness (QED) is 0.488. The van der Waals surface area contributed by atoms with Gasteiger partial charge in [-0.1, -0.05) is 54.6 Å². The molecule has 5 nitrogen and oxygen atoms in total. The van der Waals surface area contributed by atoms with Gasteiger partial charge in [0, 0.05) is 35.9 Å². The van der Waals surface area contributed by atoms with E-state index in [-0.39, 0.29) is 30.7 Å². The Kier molecular flexibility index (Phi) is 5.67. The third kappa shape index (κ3) is 3.23. The van der Waals surface area contributed by atoms with Crippen LogP contribution in [0.1, 0.15) is 57.7 Å². The molecule has 1 aliphatic heterocycles. The fraction of sp³-hybridized carbons (Fsp3) is 0.394. The van der Waals surface area contributed by atoms with Crippen molar-refractivity contribution in [2.24, 2.45) is 11.3 Å². The molecule has 3 aromatic rings. The number of aryl methyl sites for hydroxylation is 2. The zero-order valence-electron chi connectivity index (χ0n) is 22.6. The average Bonchev–Trinajstić information content (AvgIpc) is 3.36. The minimum Gasteiger partial charge on any atom is -0.496 e. The number of carboxylic acids is 1. The summed E-state index contributed by atoms with van der Waals surface area (Å²) < 4.78 is 5.49. The van der Waals surface area contributed by atoms with Gasteiger partial charge in [-0.15, -0.1) is 0 Å². The molecule has 196 valence electrons. The van der Waals surface area contributed by atoms with Crippen molar-refractivity contribution >= 4 is 11.9 Å². The number of benzene rings is 3. The standard InChI is InChI=1S/C33H35NO4/c1-20-15-24(16-21(2)22(20)3)32-14-13-27(25-10-6-7-11-26(25)32)33(31(36)37)19-34(18-29(32)33)30(35)17-23-9-5-8-12-28(23)38-4/h5-12,15-16,27,29H,13-14,17-19H2,1-4H3,(H,36,37)/t27-,29-,32-,33-/m0/s1. The zero-order chi connectivity index (χ0) is 26.8. The molecule has 4 atom stereocenters. The second-order valence-corrected chi connectivity index (χ2v) is 11.5. The summed E-state index contributed by atoms with van der Waals surface area (Å²) in [6.45, 7) is 7.12. The Balaban J connectivity index is 1.50. The van der Waals surface area contributed by atoms with Crippen molar-refractivity contribution in [3.8, 4) is 5.75 Å². The second-order valence-electron chi connectivity index (χ2n) is 11.5. The molecular weight excluding hydrogens is 474 g/mol. The molecule has 3 aliphatic carbocycles. The lowest BCUT2D eigenvalue weighted by atomic mass is 9.42. The van der Waals surface area contributed by atoms with Crippen molar-refractivity contribution in [1.82, 2.24) is 4.90 Å². The number of aliphatic carboxylic acids is 1. The summed E-state index contributed by atoms with van der Waals surface area (Å²) in [5.41, 5.74) is 6.66. The number of ether oxygens (including phenoxy) is 1. The maximum Gasteiger partial charge on any atom is 0.312 e. The third-order valence-electron chi connectivity index (χ3n) is 10.1. The molecule has 1 saturated heterocycles. The Morgan fingerprint density at radius 2 is 1.71 bits per heavy atom. The summed E-state index contributed by atoms with van der Waals surface area (Å²) in [6, 6.07) is 20.6. The largest absolute Gasteiger partial charge is 0.496 e. The first kappa shape index (κ1) is 24.7. The van der Waals surface area contributed by atoms with Gasteiger partial charge >= 0.3 is 5.97 Å². The number of carbonyl (C=O) groups excluding carboxylic acids is 1. The lowest BCUT2D eigenvalue weighted by molar-refractivity contribution is -0.157. The lowest BCUT2D eigenvalue weighted by Crippen LogP contribution is -2.60. The molecule has 1 amide bonds. The molecule has 5 heteroatoms. The van der Waals surface area contributed by atoms with Crippen LogP contribution in [-0.2, 0) is 21.4 Å². The van der Waals surface area contributed by atoms with Gasteiger partial charge in [0.05, 0.1) is 18.9 Å². The topological polar surface area (TPSA) is 66.8 Å². The van der Waals surface area contributed by atoms with Gasteiger partial charge in [-0.3, -0.25) is 9.59 Å². The van der Waals surface area contributed by atoms with E-state index in [2.05, 4.69) is 51.1 Å². The van der Waals surface area contributed by atoms with Crippen LogP contribution in [0, 0.1) is 32.1 Å². The van der Waals surface area contributed by atoms with E-state index in [0.717, 1.165) is 24.0 Å². The summed E-state index contributed by atoms with van der Waals surface area (Å²) in [4.78, 5) is 29.0. The smallest absolute Gasteiger partial charge is 0.312 e. The molecule has 0 aromatic heterocycles. The van der Waals surface area contributed by atoms with Crippen LogP contribution in [0.25, 0.3) is 0 Å². The highest BCUT2D eigenvalue weighted by Gasteiger charge is 2.70. The van der Waals surface area contributed by atoms with E-state index in [0.29, 0.717) is 12.3 Å². The van der Waals surface area contributed by atoms with E-state index < -0.39 is 16.8 Å². The normalized spacial score (nSPS) is 27.1. The molecule has 1 heterocycles. The summed E-state index contributed by atoms with van der Waals surface area (Å²) in [6.07, 6.45) is 1.89. The van der Waals surface area contributed by atoms with Crippen molar-refractivity contribution in [2.75, 3.05) is 20.2 Å². The first-order chi connectivity index (χ1) is 18.2. The van der Waals surface area contributed by atoms with Gasteiger partial charge in [-0.2, -0.15) is 0 Å². The summed E-state index contributed by atoms with van der Waals surface area (Å²) in [5.74, 6) is -0.456. The number of amides is 1. The number of methoxy groups -OCH3 is 1. The van der Waals surface area contributed by atoms with E-state index in [1.165, 1.54) is 27.8 Å². The van der Waals surface area contributed by atoms with Crippen LogP contribution >= 0.6 is 0 Å². The molecule has 0 unspecified atom stereocenters. The Hall–Kier alpha value is -3.60. The third-order valence-corrected chi connectivity index (χ3v) is 10.1. The van der Waals surface area contributed by atoms with E-state index in [9.17, 15) is 14.7 Å². The molecule has 4 aliphatic rings. The SMILES string of the molecule is COc1ccccc1CC(=O)N1C[C@H]2[C@]3(c4cc(C)c(C)c(C)c4)CC[C@@H](c4ccccc43)[C@@]2(C(=O)O)C1. The van der Waals surface area contributed by atoms with Crippen molar-refractivity contribution in [3.63, 3.8) is 0 Å². The van der Waals surface area contributed by atoms with Crippen LogP contribution in [-0.4, -0.2) is 42.1 Å². The predicted molar refractivity (Wildman–Crippen MR) is 147 cm³/mol. The van der Waals surface area contributed by atoms with Gasteiger partial charge in [0.25, 0.3) is 0 Å². The van der Waals surface area contributed by atoms with Gasteiger partial charge in [0.1, 0.15) is 5.75 Å². The molecular formula is C33H35NO4. The fourth-order valence-electron chi connectivity index (χ4n) is 8.06. The van der Waals surface area contributed by atoms with Crippen LogP contribution in [0.3, 0.4) is 0 Å². The Labute approximate surface area is 224 Å². The fourth-order valence-corrected chi connectivity index (χ4v) is 8.06. The van der Waals surface area contributed by atoms with Gasteiger partial charge in [0.2, 0.25) is 5.91 Å². The van der Waals surface area contributed by atoms with Gasteiger partial charge in [-0.05, 0) is 73.1 Å². The summed E-state index contributed by atoms with van der Waals surface area (Å²) in [7, 11) is 1.61. The number of fused-ring (bicyclic) bond motifs is 1. The molecule has 38 heavy (non-hydrogen) atoms. The van der Waals surface area contributed by atoms with Gasteiger partial charge in [0.15, 0.2) is 0 Å². The lowest BCUT2D eigenvalue weighted by Gasteiger charge is -2.59. The highest BCUT2D eigenvalue weighted by atomic mass is 16.5. The van der Waals surface area contributed by atoms with Crippen LogP contribution in [0.15, 0.2) is 60.7 Å². The number of para-hydroxylation sites is 1. The molecule has 3 aromatic carbocycles. The van der Waals surface area contributed by atoms with E-state index in [1.54, 1.807) is 7.11 Å². The number of rotatable bonds is 5. The Morgan fingerprint density at radius 1 is 1.03 bits per heavy atom. The maximum absolute atomic E-state index is 13.8. The molecule has 1 saturated carbocycles. The Morgan fingerprint density at radius 3 is 2.42 bits per heavy atom. The van der Waals surface area contributed by atoms with E-state index in [4.69, 9.17) is 4.74 Å². The number of carboxylic acid groups (broad SMARTS) is 1. The average molecular weight is 510 g/mol. The van der Waals surface area contributed by atoms with Crippen LogP contribution < -0.4 is 4.74 Å². The maximum atomic E-state index is 13.8. The van der Waals surface area contributed by atoms with Crippen LogP contribution in [0.2, 0.25) is 0 Å². The second kappa shape index (κ2) is 8.72. The number of nitrogens with zero attached hydrogens (tertiary/aromatic N) is 1. The summed E-state index contributed by atoms with van der Waals surface area (Å²) >= 11 is 0. The van der Waals surface area contributed by atoms with Gasteiger partial charge in [-0.25, -0.2) is 0 Å². The van der Waals surface area contributed by atoms with E-state index in [1.807, 2.05) is 35.2 Å². The molecule has 2 fully saturated rings. The highest BCUT2D eigenvalue weighted by Crippen LogP contribution is 2.69. The Bertz CT molecular complexity index is 1440. The van der Waals surface area contributed by atoms with Crippen LogP contribution in [0.5, 0.6) is 5.75 Å². The first-order valence-corrected chi connectivity index (χ1v) is 13.5. The molecule has 1 N–H and O–H groups in total. The van der Waals surface area contributed by atoms with Crippen molar-refractivity contribution < 1.29 is 19.4 Å². The number of hydrogen-bond acceptors (Lipinski definition) is 3. The number of carbonyl (C=O) groups is 2. The first-order valence-electron chi connectivity index (χ1n) is 13.5. The molecule has 0 spiro atoms. The monoisotopic (exact) mass is 509 g/mol. The van der Waals surface area contributed by atoms with Crippen molar-refractivity contribution in [3.05, 3.63) is 99.6 Å². The number of likely N-dealkylation sites (tertiary alicyclic amines) is 1. The molecule has 0 radical (unpaired) electrons. The van der Waals surface area contributed by atoms with Crippen molar-refractivity contribution in [2.45, 2.75) is 51.4 Å². The minimum absolute atomic E-state index is 0.0422. The number of hydrogen-bond donors (Lipinski definition) is 1. The van der Waals surface area contributed by atoms with E-state index >= 15 is 0 Å². The molecule has 7 rings (SSSR count). The highest BCUT2D eigenvalue weighted by molar-refractivity contribution is 5.85. The molecule has 2 bridgehead atoms. The van der Waals surface area contributed by atoms with Crippen molar-refractivity contribution in [1.29, 1.82) is 0 Å². The zero-order valence-corrected chi connectivity index (χ0v) is 22.6.